The van der Waals surface area contributed by atoms with Crippen molar-refractivity contribution in [2.24, 2.45) is 0 Å². The first-order valence-corrected chi connectivity index (χ1v) is 8.74. The molecule has 10 heteroatoms. The molecular formula is C15H12F6O3S. The van der Waals surface area contributed by atoms with Crippen LogP contribution in [0.5, 0.6) is 11.5 Å². The number of rotatable bonds is 5. The summed E-state index contributed by atoms with van der Waals surface area (Å²) in [5, 5.41) is 0. The van der Waals surface area contributed by atoms with Gasteiger partial charge in [0.25, 0.3) is 0 Å². The first-order chi connectivity index (χ1) is 11.3. The molecule has 2 aromatic carbocycles. The van der Waals surface area contributed by atoms with E-state index >= 15 is 0 Å². The fraction of sp³-hybridized carbons (Fsp3) is 0.133. The molecule has 0 heterocycles. The molecule has 0 atom stereocenters. The molecule has 0 aliphatic heterocycles. The van der Waals surface area contributed by atoms with E-state index in [9.17, 15) is 28.6 Å². The van der Waals surface area contributed by atoms with E-state index in [2.05, 4.69) is 0 Å². The van der Waals surface area contributed by atoms with Gasteiger partial charge in [0.05, 0.1) is 12.2 Å². The molecule has 2 rings (SSSR count). The smallest absolute Gasteiger partial charge is 0.343 e. The molecule has 0 aliphatic rings. The molecule has 138 valence electrons. The number of carbonyl (C=O) groups excluding carboxylic acids is 1. The molecule has 0 amide bonds. The zero-order chi connectivity index (χ0) is 18.9. The van der Waals surface area contributed by atoms with Gasteiger partial charge in [0.2, 0.25) is 0 Å². The molecule has 0 saturated carbocycles. The molecule has 2 aromatic rings. The normalized spacial score (nSPS) is 14.4. The lowest BCUT2D eigenvalue weighted by Crippen LogP contribution is -2.11. The lowest BCUT2D eigenvalue weighted by molar-refractivity contribution is 0.0734. The highest BCUT2D eigenvalue weighted by Gasteiger charge is 2.67. The van der Waals surface area contributed by atoms with Gasteiger partial charge in [-0.1, -0.05) is 19.4 Å². The van der Waals surface area contributed by atoms with Gasteiger partial charge in [-0.2, -0.15) is 0 Å². The van der Waals surface area contributed by atoms with Crippen LogP contribution >= 0.6 is 10.2 Å². The van der Waals surface area contributed by atoms with Crippen LogP contribution < -0.4 is 9.47 Å². The van der Waals surface area contributed by atoms with Crippen LogP contribution in [-0.4, -0.2) is 12.6 Å². The topological polar surface area (TPSA) is 35.5 Å². The Balaban J connectivity index is 2.21. The van der Waals surface area contributed by atoms with Gasteiger partial charge in [0.15, 0.2) is 0 Å². The van der Waals surface area contributed by atoms with Crippen molar-refractivity contribution in [2.75, 3.05) is 6.61 Å². The standard InChI is InChI=1S/C15H12F6O3S/c1-2-23-11-5-3-10(4-6-11)15(22)24-12-7-8-14(13(16)9-12)25(17,18,19,20)21/h3-9H,2H2,1H3. The summed E-state index contributed by atoms with van der Waals surface area (Å²) in [5.41, 5.74) is 0.0145. The van der Waals surface area contributed by atoms with Crippen molar-refractivity contribution in [3.8, 4) is 11.5 Å². The molecule has 0 fully saturated rings. The number of benzene rings is 2. The van der Waals surface area contributed by atoms with E-state index in [1.54, 1.807) is 6.92 Å². The summed E-state index contributed by atoms with van der Waals surface area (Å²) >= 11 is 0. The Morgan fingerprint density at radius 2 is 1.52 bits per heavy atom. The summed E-state index contributed by atoms with van der Waals surface area (Å²) in [6.07, 6.45) is 0. The molecule has 0 spiro atoms. The van der Waals surface area contributed by atoms with Gasteiger partial charge in [0, 0.05) is 6.07 Å². The number of hydrogen-bond acceptors (Lipinski definition) is 3. The van der Waals surface area contributed by atoms with Crippen LogP contribution in [0.2, 0.25) is 0 Å². The Bertz CT molecular complexity index is 803. The van der Waals surface area contributed by atoms with E-state index in [1.807, 2.05) is 0 Å². The number of carbonyl (C=O) groups is 1. The molecule has 0 aliphatic carbocycles. The number of halogens is 6. The first-order valence-electron chi connectivity index (χ1n) is 6.79. The molecule has 25 heavy (non-hydrogen) atoms. The van der Waals surface area contributed by atoms with Crippen molar-refractivity contribution in [3.63, 3.8) is 0 Å². The predicted molar refractivity (Wildman–Crippen MR) is 80.4 cm³/mol. The fourth-order valence-corrected chi connectivity index (χ4v) is 2.63. The average molecular weight is 386 g/mol. The van der Waals surface area contributed by atoms with E-state index in [4.69, 9.17) is 9.47 Å². The second kappa shape index (κ2) is 5.58. The summed E-state index contributed by atoms with van der Waals surface area (Å²) < 4.78 is 86.4. The third-order valence-corrected chi connectivity index (χ3v) is 4.09. The highest BCUT2D eigenvalue weighted by molar-refractivity contribution is 8.45. The van der Waals surface area contributed by atoms with E-state index < -0.39 is 32.7 Å². The van der Waals surface area contributed by atoms with Crippen molar-refractivity contribution in [2.45, 2.75) is 11.8 Å². The Hall–Kier alpha value is -2.36. The summed E-state index contributed by atoms with van der Waals surface area (Å²) in [6.45, 7) is 2.16. The maximum atomic E-state index is 13.4. The second-order valence-corrected chi connectivity index (χ2v) is 7.29. The maximum absolute atomic E-state index is 13.4. The summed E-state index contributed by atoms with van der Waals surface area (Å²) in [4.78, 5) is 9.19. The molecule has 0 aromatic heterocycles. The minimum Gasteiger partial charge on any atom is -0.494 e. The van der Waals surface area contributed by atoms with Gasteiger partial charge in [-0.05, 0) is 43.3 Å². The van der Waals surface area contributed by atoms with E-state index in [0.29, 0.717) is 18.4 Å². The zero-order valence-corrected chi connectivity index (χ0v) is 13.5. The van der Waals surface area contributed by atoms with Crippen molar-refractivity contribution >= 4 is 16.2 Å². The molecule has 0 N–H and O–H groups in total. The third kappa shape index (κ3) is 4.81. The fourth-order valence-electron chi connectivity index (χ4n) is 1.88. The van der Waals surface area contributed by atoms with Gasteiger partial charge in [-0.25, -0.2) is 9.18 Å². The third-order valence-electron chi connectivity index (χ3n) is 2.93. The largest absolute Gasteiger partial charge is 0.494 e. The minimum absolute atomic E-state index is 0.0145. The summed E-state index contributed by atoms with van der Waals surface area (Å²) in [7, 11) is -10.2. The minimum atomic E-state index is -10.2. The highest BCUT2D eigenvalue weighted by atomic mass is 32.5. The van der Waals surface area contributed by atoms with Gasteiger partial charge in [-0.3, -0.25) is 0 Å². The Kier molecular flexibility index (Phi) is 4.24. The predicted octanol–water partition coefficient (Wildman–Crippen LogP) is 6.10. The lowest BCUT2D eigenvalue weighted by Gasteiger charge is -2.40. The van der Waals surface area contributed by atoms with Crippen LogP contribution in [0.3, 0.4) is 0 Å². The molecule has 3 nitrogen and oxygen atoms in total. The monoisotopic (exact) mass is 386 g/mol. The van der Waals surface area contributed by atoms with E-state index in [0.717, 1.165) is 0 Å². The van der Waals surface area contributed by atoms with Gasteiger partial charge >= 0.3 is 16.2 Å². The second-order valence-electron chi connectivity index (χ2n) is 4.91. The van der Waals surface area contributed by atoms with Crippen LogP contribution in [0.4, 0.5) is 23.8 Å². The molecule has 0 unspecified atom stereocenters. The Morgan fingerprint density at radius 1 is 0.960 bits per heavy atom. The van der Waals surface area contributed by atoms with E-state index in [-0.39, 0.29) is 17.7 Å². The van der Waals surface area contributed by atoms with Crippen LogP contribution in [-0.2, 0) is 0 Å². The SMILES string of the molecule is CCOc1ccc(C(=O)Oc2ccc(S(F)(F)(F)(F)F)c(F)c2)cc1. The van der Waals surface area contributed by atoms with Crippen molar-refractivity contribution in [1.29, 1.82) is 0 Å². The molecular weight excluding hydrogens is 374 g/mol. The number of ether oxygens (including phenoxy) is 2. The quantitative estimate of drug-likeness (QED) is 0.354. The summed E-state index contributed by atoms with van der Waals surface area (Å²) in [5.74, 6) is -3.38. The maximum Gasteiger partial charge on any atom is 0.343 e. The number of esters is 1. The van der Waals surface area contributed by atoms with Gasteiger partial charge in [0.1, 0.15) is 22.2 Å². The molecule has 0 saturated heterocycles. The first kappa shape index (κ1) is 19.0. The Labute approximate surface area is 138 Å². The van der Waals surface area contributed by atoms with Gasteiger partial charge in [-0.15, -0.1) is 0 Å². The average Bonchev–Trinajstić information content (AvgIpc) is 2.45. The van der Waals surface area contributed by atoms with Crippen LogP contribution in [0, 0.1) is 5.82 Å². The molecule has 0 radical (unpaired) electrons. The zero-order valence-electron chi connectivity index (χ0n) is 12.6. The molecule has 0 bridgehead atoms. The van der Waals surface area contributed by atoms with Crippen LogP contribution in [0.15, 0.2) is 47.4 Å². The van der Waals surface area contributed by atoms with Crippen molar-refractivity contribution in [3.05, 3.63) is 53.8 Å². The van der Waals surface area contributed by atoms with Crippen molar-refractivity contribution < 1.29 is 38.1 Å². The van der Waals surface area contributed by atoms with Crippen LogP contribution in [0.1, 0.15) is 17.3 Å². The van der Waals surface area contributed by atoms with Crippen molar-refractivity contribution in [1.82, 2.24) is 0 Å². The van der Waals surface area contributed by atoms with Gasteiger partial charge < -0.3 is 9.47 Å². The van der Waals surface area contributed by atoms with E-state index in [1.165, 1.54) is 24.3 Å². The van der Waals surface area contributed by atoms with Crippen LogP contribution in [0.25, 0.3) is 0 Å². The lowest BCUT2D eigenvalue weighted by atomic mass is 10.2. The highest BCUT2D eigenvalue weighted by Crippen LogP contribution is 3.02. The summed E-state index contributed by atoms with van der Waals surface area (Å²) in [6, 6.07) is 5.94. The Morgan fingerprint density at radius 3 is 2.00 bits per heavy atom. The number of hydrogen-bond donors (Lipinski definition) is 0.